The molecule has 0 bridgehead atoms. The first kappa shape index (κ1) is 14.0. The molecule has 0 aromatic rings. The summed E-state index contributed by atoms with van der Waals surface area (Å²) in [5.74, 6) is 0.505. The zero-order valence-electron chi connectivity index (χ0n) is 11.0. The molecular formula is C13H22N2O2. The van der Waals surface area contributed by atoms with E-state index >= 15 is 0 Å². The molecule has 0 unspecified atom stereocenters. The number of hydrogen-bond donors (Lipinski definition) is 1. The van der Waals surface area contributed by atoms with Gasteiger partial charge < -0.3 is 10.1 Å². The summed E-state index contributed by atoms with van der Waals surface area (Å²) < 4.78 is 5.45. The molecule has 0 aromatic heterocycles. The summed E-state index contributed by atoms with van der Waals surface area (Å²) in [4.78, 5) is 11.6. The summed E-state index contributed by atoms with van der Waals surface area (Å²) in [6.45, 7) is 6.80. The van der Waals surface area contributed by atoms with Crippen molar-refractivity contribution in [3.8, 4) is 6.07 Å². The van der Waals surface area contributed by atoms with Gasteiger partial charge in [-0.3, -0.25) is 4.79 Å². The zero-order chi connectivity index (χ0) is 12.9. The molecule has 4 heteroatoms. The van der Waals surface area contributed by atoms with Crippen molar-refractivity contribution in [3.05, 3.63) is 0 Å². The molecule has 96 valence electrons. The third kappa shape index (κ3) is 4.74. The smallest absolute Gasteiger partial charge is 0.220 e. The average molecular weight is 238 g/mol. The van der Waals surface area contributed by atoms with Crippen molar-refractivity contribution in [2.45, 2.75) is 46.1 Å². The van der Waals surface area contributed by atoms with Crippen molar-refractivity contribution in [2.75, 3.05) is 13.2 Å². The fourth-order valence-corrected chi connectivity index (χ4v) is 1.91. The van der Waals surface area contributed by atoms with Gasteiger partial charge in [0.05, 0.1) is 17.6 Å². The highest BCUT2D eigenvalue weighted by atomic mass is 16.5. The van der Waals surface area contributed by atoms with Gasteiger partial charge in [0.15, 0.2) is 0 Å². The van der Waals surface area contributed by atoms with Crippen molar-refractivity contribution in [1.29, 1.82) is 5.26 Å². The third-order valence-corrected chi connectivity index (χ3v) is 3.10. The van der Waals surface area contributed by atoms with E-state index in [1.54, 1.807) is 0 Å². The molecule has 0 spiro atoms. The quantitative estimate of drug-likeness (QED) is 0.768. The molecule has 1 aliphatic rings. The number of ether oxygens (including phenoxy) is 1. The highest BCUT2D eigenvalue weighted by Gasteiger charge is 2.31. The van der Waals surface area contributed by atoms with Gasteiger partial charge in [-0.05, 0) is 39.5 Å². The molecule has 1 N–H and O–H groups in total. The van der Waals surface area contributed by atoms with Gasteiger partial charge in [0.2, 0.25) is 5.91 Å². The molecule has 1 aliphatic carbocycles. The molecule has 17 heavy (non-hydrogen) atoms. The molecule has 1 saturated carbocycles. The lowest BCUT2D eigenvalue weighted by atomic mass is 9.80. The Morgan fingerprint density at radius 1 is 1.53 bits per heavy atom. The van der Waals surface area contributed by atoms with Gasteiger partial charge in [0.25, 0.3) is 0 Å². The van der Waals surface area contributed by atoms with Gasteiger partial charge >= 0.3 is 0 Å². The Hall–Kier alpha value is -1.08. The van der Waals surface area contributed by atoms with E-state index in [9.17, 15) is 4.79 Å². The fourth-order valence-electron chi connectivity index (χ4n) is 1.91. The van der Waals surface area contributed by atoms with E-state index in [4.69, 9.17) is 10.00 Å². The normalized spacial score (nSPS) is 23.6. The van der Waals surface area contributed by atoms with E-state index < -0.39 is 5.41 Å². The minimum atomic E-state index is -0.483. The standard InChI is InChI=1S/C13H22N2O2/c1-4-17-11-5-10(6-11)7-12(16)15-9-13(2,3)8-14/h10-11H,4-7,9H2,1-3H3,(H,15,16). The Morgan fingerprint density at radius 2 is 2.18 bits per heavy atom. The Labute approximate surface area is 103 Å². The van der Waals surface area contributed by atoms with Crippen molar-refractivity contribution in [3.63, 3.8) is 0 Å². The minimum absolute atomic E-state index is 0.0493. The Balaban J connectivity index is 2.14. The van der Waals surface area contributed by atoms with Gasteiger partial charge in [0, 0.05) is 19.6 Å². The summed E-state index contributed by atoms with van der Waals surface area (Å²) >= 11 is 0. The Bertz CT molecular complexity index is 301. The van der Waals surface area contributed by atoms with Crippen molar-refractivity contribution in [2.24, 2.45) is 11.3 Å². The highest BCUT2D eigenvalue weighted by molar-refractivity contribution is 5.76. The van der Waals surface area contributed by atoms with Gasteiger partial charge in [-0.1, -0.05) is 0 Å². The van der Waals surface area contributed by atoms with Crippen LogP contribution in [0.2, 0.25) is 0 Å². The lowest BCUT2D eigenvalue weighted by molar-refractivity contribution is -0.124. The second kappa shape index (κ2) is 6.02. The van der Waals surface area contributed by atoms with Crippen molar-refractivity contribution >= 4 is 5.91 Å². The summed E-state index contributed by atoms with van der Waals surface area (Å²) in [5.41, 5.74) is -0.483. The average Bonchev–Trinajstić information content (AvgIpc) is 2.24. The van der Waals surface area contributed by atoms with Crippen LogP contribution in [0, 0.1) is 22.7 Å². The van der Waals surface area contributed by atoms with E-state index in [0.29, 0.717) is 25.0 Å². The molecular weight excluding hydrogens is 216 g/mol. The fraction of sp³-hybridized carbons (Fsp3) is 0.846. The molecule has 0 atom stereocenters. The number of carbonyl (C=O) groups is 1. The molecule has 0 radical (unpaired) electrons. The summed E-state index contributed by atoms with van der Waals surface area (Å²) in [5, 5.41) is 11.6. The number of hydrogen-bond acceptors (Lipinski definition) is 3. The largest absolute Gasteiger partial charge is 0.378 e. The number of nitrogens with one attached hydrogen (secondary N) is 1. The maximum Gasteiger partial charge on any atom is 0.220 e. The second-order valence-corrected chi connectivity index (χ2v) is 5.39. The second-order valence-electron chi connectivity index (χ2n) is 5.39. The predicted molar refractivity (Wildman–Crippen MR) is 65.2 cm³/mol. The van der Waals surface area contributed by atoms with E-state index in [-0.39, 0.29) is 5.91 Å². The molecule has 1 fully saturated rings. The molecule has 4 nitrogen and oxygen atoms in total. The molecule has 0 aromatic carbocycles. The Kier molecular flexibility index (Phi) is 4.95. The van der Waals surface area contributed by atoms with Crippen molar-refractivity contribution in [1.82, 2.24) is 5.32 Å². The number of carbonyl (C=O) groups excluding carboxylic acids is 1. The molecule has 1 amide bonds. The first-order valence-corrected chi connectivity index (χ1v) is 6.26. The minimum Gasteiger partial charge on any atom is -0.378 e. The van der Waals surface area contributed by atoms with Crippen LogP contribution in [0.3, 0.4) is 0 Å². The molecule has 0 saturated heterocycles. The lowest BCUT2D eigenvalue weighted by Crippen LogP contribution is -2.38. The topological polar surface area (TPSA) is 62.1 Å². The van der Waals surface area contributed by atoms with Crippen LogP contribution < -0.4 is 5.32 Å². The lowest BCUT2D eigenvalue weighted by Gasteiger charge is -2.34. The van der Waals surface area contributed by atoms with Crippen LogP contribution in [-0.4, -0.2) is 25.2 Å². The predicted octanol–water partition coefficient (Wildman–Crippen LogP) is 1.86. The number of amides is 1. The third-order valence-electron chi connectivity index (χ3n) is 3.10. The molecule has 1 rings (SSSR count). The van der Waals surface area contributed by atoms with E-state index in [2.05, 4.69) is 11.4 Å². The van der Waals surface area contributed by atoms with E-state index in [0.717, 1.165) is 19.4 Å². The summed E-state index contributed by atoms with van der Waals surface area (Å²) in [6, 6.07) is 2.17. The molecule has 0 heterocycles. The van der Waals surface area contributed by atoms with Crippen LogP contribution in [0.25, 0.3) is 0 Å². The van der Waals surface area contributed by atoms with Crippen molar-refractivity contribution < 1.29 is 9.53 Å². The maximum absolute atomic E-state index is 11.6. The van der Waals surface area contributed by atoms with Crippen LogP contribution in [0.15, 0.2) is 0 Å². The van der Waals surface area contributed by atoms with Gasteiger partial charge in [-0.25, -0.2) is 0 Å². The zero-order valence-corrected chi connectivity index (χ0v) is 11.0. The van der Waals surface area contributed by atoms with Crippen LogP contribution in [0.1, 0.15) is 40.0 Å². The summed E-state index contributed by atoms with van der Waals surface area (Å²) in [6.07, 6.45) is 2.89. The summed E-state index contributed by atoms with van der Waals surface area (Å²) in [7, 11) is 0. The van der Waals surface area contributed by atoms with E-state index in [1.807, 2.05) is 20.8 Å². The number of nitrogens with zero attached hydrogens (tertiary/aromatic N) is 1. The monoisotopic (exact) mass is 238 g/mol. The van der Waals surface area contributed by atoms with Crippen LogP contribution in [0.4, 0.5) is 0 Å². The van der Waals surface area contributed by atoms with Gasteiger partial charge in [0.1, 0.15) is 0 Å². The van der Waals surface area contributed by atoms with Crippen LogP contribution in [-0.2, 0) is 9.53 Å². The van der Waals surface area contributed by atoms with Crippen LogP contribution in [0.5, 0.6) is 0 Å². The first-order chi connectivity index (χ1) is 7.96. The molecule has 0 aliphatic heterocycles. The first-order valence-electron chi connectivity index (χ1n) is 6.26. The van der Waals surface area contributed by atoms with Gasteiger partial charge in [-0.15, -0.1) is 0 Å². The number of nitriles is 1. The van der Waals surface area contributed by atoms with Crippen LogP contribution >= 0.6 is 0 Å². The number of rotatable bonds is 6. The Morgan fingerprint density at radius 3 is 2.71 bits per heavy atom. The highest BCUT2D eigenvalue weighted by Crippen LogP contribution is 2.32. The van der Waals surface area contributed by atoms with E-state index in [1.165, 1.54) is 0 Å². The van der Waals surface area contributed by atoms with Gasteiger partial charge in [-0.2, -0.15) is 5.26 Å². The maximum atomic E-state index is 11.6. The SMILES string of the molecule is CCOC1CC(CC(=O)NCC(C)(C)C#N)C1.